The van der Waals surface area contributed by atoms with Gasteiger partial charge in [0.25, 0.3) is 0 Å². The molecule has 0 aromatic carbocycles. The lowest BCUT2D eigenvalue weighted by Gasteiger charge is -2.06. The Morgan fingerprint density at radius 1 is 1.28 bits per heavy atom. The van der Waals surface area contributed by atoms with Gasteiger partial charge in [0.05, 0.1) is 0 Å². The molecule has 5 nitrogen and oxygen atoms in total. The zero-order valence-electron chi connectivity index (χ0n) is 10.6. The van der Waals surface area contributed by atoms with Gasteiger partial charge in [0.15, 0.2) is 10.3 Å². The first-order chi connectivity index (χ1) is 8.74. The average molecular weight is 263 g/mol. The SMILES string of the molecule is CC(C)CNCc1cnc(Sc2ncc[nH]2)nc1. The minimum absolute atomic E-state index is 0.652. The van der Waals surface area contributed by atoms with Crippen molar-refractivity contribution in [3.8, 4) is 0 Å². The Morgan fingerprint density at radius 3 is 2.67 bits per heavy atom. The van der Waals surface area contributed by atoms with Gasteiger partial charge >= 0.3 is 0 Å². The summed E-state index contributed by atoms with van der Waals surface area (Å²) in [4.78, 5) is 15.7. The molecule has 0 saturated heterocycles. The molecule has 0 radical (unpaired) electrons. The van der Waals surface area contributed by atoms with Crippen molar-refractivity contribution in [3.63, 3.8) is 0 Å². The first-order valence-corrected chi connectivity index (χ1v) is 6.74. The molecule has 0 aliphatic heterocycles. The standard InChI is InChI=1S/C12H17N5S/c1-9(2)5-13-6-10-7-16-12(17-8-10)18-11-14-3-4-15-11/h3-4,7-9,13H,5-6H2,1-2H3,(H,14,15). The second-order valence-corrected chi connectivity index (χ2v) is 5.35. The number of aromatic amines is 1. The molecule has 0 unspecified atom stereocenters. The van der Waals surface area contributed by atoms with E-state index in [9.17, 15) is 0 Å². The van der Waals surface area contributed by atoms with E-state index in [-0.39, 0.29) is 0 Å². The minimum atomic E-state index is 0.652. The molecule has 6 heteroatoms. The fraction of sp³-hybridized carbons (Fsp3) is 0.417. The molecule has 0 amide bonds. The van der Waals surface area contributed by atoms with E-state index in [2.05, 4.69) is 39.1 Å². The number of nitrogens with zero attached hydrogens (tertiary/aromatic N) is 3. The van der Waals surface area contributed by atoms with Crippen LogP contribution in [0.2, 0.25) is 0 Å². The van der Waals surface area contributed by atoms with Gasteiger partial charge in [-0.05, 0) is 24.2 Å². The Labute approximate surface area is 111 Å². The van der Waals surface area contributed by atoms with Crippen LogP contribution in [0.4, 0.5) is 0 Å². The summed E-state index contributed by atoms with van der Waals surface area (Å²) in [5.74, 6) is 0.652. The summed E-state index contributed by atoms with van der Waals surface area (Å²) in [6, 6.07) is 0. The van der Waals surface area contributed by atoms with E-state index >= 15 is 0 Å². The summed E-state index contributed by atoms with van der Waals surface area (Å²) < 4.78 is 0. The van der Waals surface area contributed by atoms with Gasteiger partial charge in [-0.1, -0.05) is 13.8 Å². The van der Waals surface area contributed by atoms with Crippen LogP contribution in [0.25, 0.3) is 0 Å². The second-order valence-electron chi connectivity index (χ2n) is 4.40. The molecule has 0 saturated carbocycles. The van der Waals surface area contributed by atoms with E-state index in [4.69, 9.17) is 0 Å². The quantitative estimate of drug-likeness (QED) is 0.781. The summed E-state index contributed by atoms with van der Waals surface area (Å²) in [6.07, 6.45) is 7.20. The molecule has 0 atom stereocenters. The number of imidazole rings is 1. The van der Waals surface area contributed by atoms with E-state index in [0.29, 0.717) is 11.1 Å². The monoisotopic (exact) mass is 263 g/mol. The molecule has 0 aliphatic carbocycles. The molecular formula is C12H17N5S. The van der Waals surface area contributed by atoms with Gasteiger partial charge in [-0.2, -0.15) is 0 Å². The predicted octanol–water partition coefficient (Wildman–Crippen LogP) is 2.10. The van der Waals surface area contributed by atoms with Crippen LogP contribution in [-0.2, 0) is 6.54 Å². The fourth-order valence-corrected chi connectivity index (χ4v) is 2.01. The van der Waals surface area contributed by atoms with Crippen LogP contribution in [-0.4, -0.2) is 26.5 Å². The minimum Gasteiger partial charge on any atom is -0.339 e. The topological polar surface area (TPSA) is 66.5 Å². The Morgan fingerprint density at radius 2 is 2.06 bits per heavy atom. The van der Waals surface area contributed by atoms with Crippen molar-refractivity contribution in [2.24, 2.45) is 5.92 Å². The lowest BCUT2D eigenvalue weighted by Crippen LogP contribution is -2.19. The van der Waals surface area contributed by atoms with Crippen molar-refractivity contribution >= 4 is 11.8 Å². The smallest absolute Gasteiger partial charge is 0.195 e. The fourth-order valence-electron chi connectivity index (χ4n) is 1.39. The van der Waals surface area contributed by atoms with E-state index in [1.165, 1.54) is 11.8 Å². The highest BCUT2D eigenvalue weighted by molar-refractivity contribution is 7.99. The largest absolute Gasteiger partial charge is 0.339 e. The number of hydrogen-bond donors (Lipinski definition) is 2. The highest BCUT2D eigenvalue weighted by atomic mass is 32.2. The highest BCUT2D eigenvalue weighted by Crippen LogP contribution is 2.19. The summed E-state index contributed by atoms with van der Waals surface area (Å²) in [7, 11) is 0. The van der Waals surface area contributed by atoms with Crippen LogP contribution in [0.5, 0.6) is 0 Å². The Kier molecular flexibility index (Phi) is 4.72. The van der Waals surface area contributed by atoms with Crippen LogP contribution >= 0.6 is 11.8 Å². The molecular weight excluding hydrogens is 246 g/mol. The van der Waals surface area contributed by atoms with Gasteiger partial charge in [0.2, 0.25) is 0 Å². The summed E-state index contributed by atoms with van der Waals surface area (Å²) in [6.45, 7) is 6.19. The molecule has 2 aromatic rings. The van der Waals surface area contributed by atoms with E-state index in [1.54, 1.807) is 12.4 Å². The maximum absolute atomic E-state index is 4.30. The van der Waals surface area contributed by atoms with Crippen LogP contribution < -0.4 is 5.32 Å². The third-order valence-electron chi connectivity index (χ3n) is 2.22. The average Bonchev–Trinajstić information content (AvgIpc) is 2.84. The Balaban J connectivity index is 1.85. The maximum atomic E-state index is 4.30. The van der Waals surface area contributed by atoms with Gasteiger partial charge in [0, 0.05) is 36.9 Å². The maximum Gasteiger partial charge on any atom is 0.195 e. The third-order valence-corrected chi connectivity index (χ3v) is 3.03. The summed E-state index contributed by atoms with van der Waals surface area (Å²) in [5, 5.41) is 4.87. The highest BCUT2D eigenvalue weighted by Gasteiger charge is 2.02. The second kappa shape index (κ2) is 6.51. The molecule has 18 heavy (non-hydrogen) atoms. The molecule has 0 spiro atoms. The number of rotatable bonds is 6. The van der Waals surface area contributed by atoms with Crippen LogP contribution in [0.3, 0.4) is 0 Å². The zero-order chi connectivity index (χ0) is 12.8. The molecule has 96 valence electrons. The lowest BCUT2D eigenvalue weighted by atomic mass is 10.2. The molecule has 2 N–H and O–H groups in total. The normalized spacial score (nSPS) is 11.1. The van der Waals surface area contributed by atoms with Gasteiger partial charge in [-0.15, -0.1) is 0 Å². The van der Waals surface area contributed by atoms with E-state index < -0.39 is 0 Å². The Hall–Kier alpha value is -1.40. The molecule has 2 heterocycles. The molecule has 2 aromatic heterocycles. The Bertz CT molecular complexity index is 452. The van der Waals surface area contributed by atoms with Crippen LogP contribution in [0.15, 0.2) is 35.1 Å². The van der Waals surface area contributed by atoms with Crippen molar-refractivity contribution in [1.82, 2.24) is 25.3 Å². The van der Waals surface area contributed by atoms with Crippen LogP contribution in [0.1, 0.15) is 19.4 Å². The zero-order valence-corrected chi connectivity index (χ0v) is 11.4. The van der Waals surface area contributed by atoms with Gasteiger partial charge < -0.3 is 10.3 Å². The third kappa shape index (κ3) is 4.12. The number of H-pyrrole nitrogens is 1. The summed E-state index contributed by atoms with van der Waals surface area (Å²) >= 11 is 1.42. The van der Waals surface area contributed by atoms with Crippen molar-refractivity contribution in [3.05, 3.63) is 30.4 Å². The van der Waals surface area contributed by atoms with E-state index in [0.717, 1.165) is 23.8 Å². The molecule has 2 rings (SSSR count). The summed E-state index contributed by atoms with van der Waals surface area (Å²) in [5.41, 5.74) is 1.10. The van der Waals surface area contributed by atoms with Gasteiger partial charge in [0.1, 0.15) is 0 Å². The number of nitrogens with one attached hydrogen (secondary N) is 2. The lowest BCUT2D eigenvalue weighted by molar-refractivity contribution is 0.550. The predicted molar refractivity (Wildman–Crippen MR) is 71.3 cm³/mol. The van der Waals surface area contributed by atoms with Crippen molar-refractivity contribution in [2.75, 3.05) is 6.54 Å². The molecule has 0 fully saturated rings. The number of hydrogen-bond acceptors (Lipinski definition) is 5. The van der Waals surface area contributed by atoms with Crippen molar-refractivity contribution in [2.45, 2.75) is 30.7 Å². The first-order valence-electron chi connectivity index (χ1n) is 5.93. The van der Waals surface area contributed by atoms with Crippen molar-refractivity contribution < 1.29 is 0 Å². The van der Waals surface area contributed by atoms with Crippen LogP contribution in [0, 0.1) is 5.92 Å². The first kappa shape index (κ1) is 13.0. The van der Waals surface area contributed by atoms with E-state index in [1.807, 2.05) is 12.4 Å². The van der Waals surface area contributed by atoms with Crippen molar-refractivity contribution in [1.29, 1.82) is 0 Å². The number of aromatic nitrogens is 4. The van der Waals surface area contributed by atoms with Gasteiger partial charge in [-0.3, -0.25) is 0 Å². The van der Waals surface area contributed by atoms with Gasteiger partial charge in [-0.25, -0.2) is 15.0 Å². The molecule has 0 bridgehead atoms. The molecule has 0 aliphatic rings.